The minimum atomic E-state index is -0.128. The highest BCUT2D eigenvalue weighted by molar-refractivity contribution is 7.56. The van der Waals surface area contributed by atoms with Crippen molar-refractivity contribution >= 4 is 8.07 Å². The topological polar surface area (TPSA) is 47.3 Å². The Balaban J connectivity index is 2.05. The minimum absolute atomic E-state index is 0.128. The quantitative estimate of drug-likeness (QED) is 0.567. The van der Waals surface area contributed by atoms with Gasteiger partial charge in [-0.25, -0.2) is 0 Å². The molecule has 2 fully saturated rings. The molecule has 0 aromatic carbocycles. The average Bonchev–Trinajstić information content (AvgIpc) is 2.43. The molecule has 4 unspecified atom stereocenters. The molecule has 0 aliphatic carbocycles. The van der Waals surface area contributed by atoms with Gasteiger partial charge in [-0.3, -0.25) is 5.09 Å². The molecular formula is C7H15N2OP. The fourth-order valence-electron chi connectivity index (χ4n) is 1.89. The van der Waals surface area contributed by atoms with Gasteiger partial charge >= 0.3 is 0 Å². The Labute approximate surface area is 68.5 Å². The Morgan fingerprint density at radius 1 is 1.55 bits per heavy atom. The van der Waals surface area contributed by atoms with Crippen molar-refractivity contribution in [3.05, 3.63) is 0 Å². The summed E-state index contributed by atoms with van der Waals surface area (Å²) in [4.78, 5) is 0. The number of nitrogens with two attached hydrogens (primary N) is 1. The summed E-state index contributed by atoms with van der Waals surface area (Å²) in [6.07, 6.45) is 3.89. The highest BCUT2D eigenvalue weighted by Gasteiger charge is 2.40. The molecule has 2 aliphatic rings. The van der Waals surface area contributed by atoms with E-state index in [0.717, 1.165) is 6.16 Å². The Morgan fingerprint density at radius 2 is 2.36 bits per heavy atom. The summed E-state index contributed by atoms with van der Waals surface area (Å²) in [5.74, 6) is 0.500. The highest BCUT2D eigenvalue weighted by Crippen LogP contribution is 2.49. The van der Waals surface area contributed by atoms with Crippen molar-refractivity contribution in [2.45, 2.75) is 30.8 Å². The predicted octanol–water partition coefficient (Wildman–Crippen LogP) is 0.449. The van der Waals surface area contributed by atoms with Crippen LogP contribution >= 0.6 is 8.07 Å². The van der Waals surface area contributed by atoms with E-state index in [1.807, 2.05) is 7.05 Å². The zero-order chi connectivity index (χ0) is 7.84. The summed E-state index contributed by atoms with van der Waals surface area (Å²) >= 11 is 0. The lowest BCUT2D eigenvalue weighted by Crippen LogP contribution is -2.42. The van der Waals surface area contributed by atoms with Gasteiger partial charge in [0.25, 0.3) is 0 Å². The van der Waals surface area contributed by atoms with Crippen LogP contribution in [0, 0.1) is 0 Å². The predicted molar refractivity (Wildman–Crippen MR) is 46.7 cm³/mol. The lowest BCUT2D eigenvalue weighted by molar-refractivity contribution is 0.0648. The van der Waals surface area contributed by atoms with Gasteiger partial charge in [-0.15, -0.1) is 0 Å². The standard InChI is InChI=1S/C7H15N2OP/c1-9-11-4-5(8)6-2-3-7(11)10-6/h5-7,9H,2-4,8H2,1H3. The van der Waals surface area contributed by atoms with E-state index in [4.69, 9.17) is 10.5 Å². The average molecular weight is 174 g/mol. The van der Waals surface area contributed by atoms with Crippen LogP contribution in [0.3, 0.4) is 0 Å². The van der Waals surface area contributed by atoms with E-state index in [9.17, 15) is 0 Å². The van der Waals surface area contributed by atoms with Gasteiger partial charge in [-0.1, -0.05) is 0 Å². The zero-order valence-electron chi connectivity index (χ0n) is 6.79. The van der Waals surface area contributed by atoms with Gasteiger partial charge in [0.2, 0.25) is 0 Å². The summed E-state index contributed by atoms with van der Waals surface area (Å²) in [7, 11) is 1.89. The van der Waals surface area contributed by atoms with Gasteiger partial charge in [0, 0.05) is 12.2 Å². The number of hydrogen-bond acceptors (Lipinski definition) is 3. The maximum atomic E-state index is 5.93. The molecule has 0 amide bonds. The molecule has 2 rings (SSSR count). The summed E-state index contributed by atoms with van der Waals surface area (Å²) in [6.45, 7) is 0. The van der Waals surface area contributed by atoms with Crippen LogP contribution in [0.2, 0.25) is 0 Å². The van der Waals surface area contributed by atoms with E-state index in [1.54, 1.807) is 0 Å². The van der Waals surface area contributed by atoms with Crippen LogP contribution in [0.4, 0.5) is 0 Å². The third-order valence-electron chi connectivity index (χ3n) is 2.55. The third kappa shape index (κ3) is 1.31. The second kappa shape index (κ2) is 2.98. The van der Waals surface area contributed by atoms with Crippen LogP contribution in [0.1, 0.15) is 12.8 Å². The lowest BCUT2D eigenvalue weighted by atomic mass is 10.1. The Kier molecular flexibility index (Phi) is 2.15. The number of nitrogens with one attached hydrogen (secondary N) is 1. The van der Waals surface area contributed by atoms with Crippen LogP contribution in [0.25, 0.3) is 0 Å². The Bertz CT molecular complexity index is 155. The molecule has 2 heterocycles. The first-order valence-electron chi connectivity index (χ1n) is 4.16. The van der Waals surface area contributed by atoms with Crippen molar-refractivity contribution < 1.29 is 4.74 Å². The first-order chi connectivity index (χ1) is 5.31. The normalized spacial score (nSPS) is 49.6. The van der Waals surface area contributed by atoms with E-state index in [2.05, 4.69) is 5.09 Å². The third-order valence-corrected chi connectivity index (χ3v) is 5.01. The molecule has 0 radical (unpaired) electrons. The number of rotatable bonds is 1. The smallest absolute Gasteiger partial charge is 0.0906 e. The molecule has 0 spiro atoms. The van der Waals surface area contributed by atoms with Crippen LogP contribution in [0.15, 0.2) is 0 Å². The number of ether oxygens (including phenoxy) is 1. The molecule has 0 aromatic heterocycles. The van der Waals surface area contributed by atoms with Gasteiger partial charge in [-0.2, -0.15) is 0 Å². The molecule has 3 N–H and O–H groups in total. The second-order valence-corrected chi connectivity index (χ2v) is 5.57. The summed E-state index contributed by atoms with van der Waals surface area (Å²) in [5.41, 5.74) is 5.93. The molecule has 4 heteroatoms. The number of fused-ring (bicyclic) bond motifs is 2. The summed E-state index contributed by atoms with van der Waals surface area (Å²) in [6, 6.07) is 0.285. The molecular weight excluding hydrogens is 159 g/mol. The SMILES string of the molecule is CNP1CC(N)C2CCC1O2. The van der Waals surface area contributed by atoms with Crippen LogP contribution in [-0.4, -0.2) is 31.2 Å². The van der Waals surface area contributed by atoms with Crippen LogP contribution in [-0.2, 0) is 4.74 Å². The number of hydrogen-bond donors (Lipinski definition) is 2. The fourth-order valence-corrected chi connectivity index (χ4v) is 4.05. The van der Waals surface area contributed by atoms with Gasteiger partial charge in [-0.05, 0) is 28.0 Å². The van der Waals surface area contributed by atoms with Gasteiger partial charge in [0.15, 0.2) is 0 Å². The van der Waals surface area contributed by atoms with Crippen molar-refractivity contribution in [3.8, 4) is 0 Å². The second-order valence-electron chi connectivity index (χ2n) is 3.25. The van der Waals surface area contributed by atoms with E-state index >= 15 is 0 Å². The van der Waals surface area contributed by atoms with E-state index in [1.165, 1.54) is 12.8 Å². The molecule has 3 nitrogen and oxygen atoms in total. The Morgan fingerprint density at radius 3 is 3.09 bits per heavy atom. The minimum Gasteiger partial charge on any atom is -0.368 e. The first kappa shape index (κ1) is 7.93. The van der Waals surface area contributed by atoms with Crippen LogP contribution < -0.4 is 10.8 Å². The van der Waals surface area contributed by atoms with Gasteiger partial charge in [0.1, 0.15) is 0 Å². The van der Waals surface area contributed by atoms with E-state index in [-0.39, 0.29) is 14.1 Å². The largest absolute Gasteiger partial charge is 0.368 e. The molecule has 4 atom stereocenters. The van der Waals surface area contributed by atoms with Gasteiger partial charge < -0.3 is 10.5 Å². The van der Waals surface area contributed by atoms with Crippen molar-refractivity contribution in [3.63, 3.8) is 0 Å². The lowest BCUT2D eigenvalue weighted by Gasteiger charge is -2.33. The van der Waals surface area contributed by atoms with Crippen molar-refractivity contribution in [1.29, 1.82) is 0 Å². The molecule has 0 aromatic rings. The zero-order valence-corrected chi connectivity index (χ0v) is 7.68. The first-order valence-corrected chi connectivity index (χ1v) is 5.76. The van der Waals surface area contributed by atoms with E-state index < -0.39 is 0 Å². The monoisotopic (exact) mass is 174 g/mol. The molecule has 11 heavy (non-hydrogen) atoms. The molecule has 64 valence electrons. The van der Waals surface area contributed by atoms with Crippen LogP contribution in [0.5, 0.6) is 0 Å². The van der Waals surface area contributed by atoms with Crippen molar-refractivity contribution in [1.82, 2.24) is 5.09 Å². The Hall–Kier alpha value is 0.310. The maximum absolute atomic E-state index is 5.93. The summed E-state index contributed by atoms with van der Waals surface area (Å²) < 4.78 is 5.75. The van der Waals surface area contributed by atoms with E-state index in [0.29, 0.717) is 11.9 Å². The maximum Gasteiger partial charge on any atom is 0.0906 e. The highest BCUT2D eigenvalue weighted by atomic mass is 31.1. The molecule has 2 bridgehead atoms. The fraction of sp³-hybridized carbons (Fsp3) is 1.00. The molecule has 2 saturated heterocycles. The molecule has 2 aliphatic heterocycles. The van der Waals surface area contributed by atoms with Gasteiger partial charge in [0.05, 0.1) is 11.9 Å². The molecule has 0 saturated carbocycles. The summed E-state index contributed by atoms with van der Waals surface area (Å²) in [5, 5.41) is 3.32. The van der Waals surface area contributed by atoms with Crippen molar-refractivity contribution in [2.24, 2.45) is 5.73 Å². The van der Waals surface area contributed by atoms with Crippen molar-refractivity contribution in [2.75, 3.05) is 13.2 Å².